The number of carbonyl (C=O) groups is 1. The largest absolute Gasteiger partial charge is 0.491 e. The summed E-state index contributed by atoms with van der Waals surface area (Å²) in [6.45, 7) is 2.73. The highest BCUT2D eigenvalue weighted by Gasteiger charge is 2.15. The Morgan fingerprint density at radius 1 is 1.45 bits per heavy atom. The van der Waals surface area contributed by atoms with Gasteiger partial charge in [-0.15, -0.1) is 0 Å². The number of nitrogens with one attached hydrogen (secondary N) is 2. The van der Waals surface area contributed by atoms with Gasteiger partial charge in [-0.25, -0.2) is 0 Å². The lowest BCUT2D eigenvalue weighted by Gasteiger charge is -2.12. The molecule has 5 heteroatoms. The van der Waals surface area contributed by atoms with Crippen LogP contribution >= 0.6 is 0 Å². The van der Waals surface area contributed by atoms with Crippen molar-refractivity contribution in [2.24, 2.45) is 0 Å². The van der Waals surface area contributed by atoms with E-state index in [2.05, 4.69) is 10.6 Å². The zero-order chi connectivity index (χ0) is 14.2. The minimum atomic E-state index is -0.0594. The van der Waals surface area contributed by atoms with E-state index in [1.54, 1.807) is 19.2 Å². The molecule has 0 aliphatic carbocycles. The molecule has 20 heavy (non-hydrogen) atoms. The molecule has 0 spiro atoms. The second-order valence-corrected chi connectivity index (χ2v) is 4.87. The third-order valence-electron chi connectivity index (χ3n) is 3.32. The van der Waals surface area contributed by atoms with Crippen LogP contribution in [0.5, 0.6) is 5.75 Å². The van der Waals surface area contributed by atoms with Crippen LogP contribution in [0.3, 0.4) is 0 Å². The molecular weight excluding hydrogens is 256 g/mol. The van der Waals surface area contributed by atoms with Gasteiger partial charge in [0.2, 0.25) is 0 Å². The van der Waals surface area contributed by atoms with E-state index in [0.29, 0.717) is 37.1 Å². The molecule has 110 valence electrons. The Bertz CT molecular complexity index is 431. The van der Waals surface area contributed by atoms with E-state index in [-0.39, 0.29) is 5.91 Å². The number of benzene rings is 1. The third kappa shape index (κ3) is 4.51. The van der Waals surface area contributed by atoms with Gasteiger partial charge in [-0.1, -0.05) is 6.07 Å². The maximum Gasteiger partial charge on any atom is 0.251 e. The highest BCUT2D eigenvalue weighted by molar-refractivity contribution is 5.94. The first-order valence-electron chi connectivity index (χ1n) is 7.03. The SMILES string of the molecule is COCCOc1cccc(C(=O)NCC2CCCN2)c1. The molecule has 1 aliphatic heterocycles. The number of ether oxygens (including phenoxy) is 2. The summed E-state index contributed by atoms with van der Waals surface area (Å²) < 4.78 is 10.4. The number of hydrogen-bond acceptors (Lipinski definition) is 4. The molecule has 0 aromatic heterocycles. The number of amides is 1. The topological polar surface area (TPSA) is 59.6 Å². The highest BCUT2D eigenvalue weighted by Crippen LogP contribution is 2.13. The predicted molar refractivity (Wildman–Crippen MR) is 77.2 cm³/mol. The Morgan fingerprint density at radius 3 is 3.10 bits per heavy atom. The van der Waals surface area contributed by atoms with Crippen LogP contribution in [-0.4, -0.2) is 45.4 Å². The van der Waals surface area contributed by atoms with Gasteiger partial charge in [-0.3, -0.25) is 4.79 Å². The van der Waals surface area contributed by atoms with Crippen molar-refractivity contribution in [3.63, 3.8) is 0 Å². The second-order valence-electron chi connectivity index (χ2n) is 4.87. The van der Waals surface area contributed by atoms with Crippen LogP contribution in [-0.2, 0) is 4.74 Å². The van der Waals surface area contributed by atoms with Gasteiger partial charge in [-0.2, -0.15) is 0 Å². The predicted octanol–water partition coefficient (Wildman–Crippen LogP) is 1.19. The summed E-state index contributed by atoms with van der Waals surface area (Å²) >= 11 is 0. The quantitative estimate of drug-likeness (QED) is 0.736. The molecule has 2 N–H and O–H groups in total. The Balaban J connectivity index is 1.83. The van der Waals surface area contributed by atoms with E-state index >= 15 is 0 Å². The lowest BCUT2D eigenvalue weighted by Crippen LogP contribution is -2.37. The molecule has 2 rings (SSSR count). The number of rotatable bonds is 7. The number of hydrogen-bond donors (Lipinski definition) is 2. The smallest absolute Gasteiger partial charge is 0.251 e. The summed E-state index contributed by atoms with van der Waals surface area (Å²) in [6, 6.07) is 7.61. The molecule has 0 saturated carbocycles. The molecule has 1 aromatic carbocycles. The first kappa shape index (κ1) is 14.8. The van der Waals surface area contributed by atoms with Gasteiger partial charge in [0.25, 0.3) is 5.91 Å². The summed E-state index contributed by atoms with van der Waals surface area (Å²) in [7, 11) is 1.63. The van der Waals surface area contributed by atoms with Gasteiger partial charge >= 0.3 is 0 Å². The molecule has 0 radical (unpaired) electrons. The lowest BCUT2D eigenvalue weighted by atomic mass is 10.2. The van der Waals surface area contributed by atoms with E-state index in [0.717, 1.165) is 13.0 Å². The minimum absolute atomic E-state index is 0.0594. The molecule has 1 atom stereocenters. The molecule has 5 nitrogen and oxygen atoms in total. The fourth-order valence-corrected chi connectivity index (χ4v) is 2.22. The summed E-state index contributed by atoms with van der Waals surface area (Å²) in [4.78, 5) is 12.1. The van der Waals surface area contributed by atoms with Crippen molar-refractivity contribution in [2.45, 2.75) is 18.9 Å². The van der Waals surface area contributed by atoms with Crippen LogP contribution in [0.15, 0.2) is 24.3 Å². The lowest BCUT2D eigenvalue weighted by molar-refractivity contribution is 0.0949. The average molecular weight is 278 g/mol. The fraction of sp³-hybridized carbons (Fsp3) is 0.533. The Morgan fingerprint density at radius 2 is 2.35 bits per heavy atom. The average Bonchev–Trinajstić information content (AvgIpc) is 2.99. The molecule has 1 aromatic rings. The fourth-order valence-electron chi connectivity index (χ4n) is 2.22. The molecule has 0 bridgehead atoms. The second kappa shape index (κ2) is 7.87. The van der Waals surface area contributed by atoms with E-state index in [4.69, 9.17) is 9.47 Å². The van der Waals surface area contributed by atoms with E-state index in [9.17, 15) is 4.79 Å². The van der Waals surface area contributed by atoms with Crippen molar-refractivity contribution >= 4 is 5.91 Å². The normalized spacial score (nSPS) is 17.9. The van der Waals surface area contributed by atoms with Crippen molar-refractivity contribution in [3.8, 4) is 5.75 Å². The zero-order valence-corrected chi connectivity index (χ0v) is 11.9. The van der Waals surface area contributed by atoms with Crippen molar-refractivity contribution in [2.75, 3.05) is 33.4 Å². The Labute approximate surface area is 119 Å². The van der Waals surface area contributed by atoms with Crippen LogP contribution in [0.1, 0.15) is 23.2 Å². The van der Waals surface area contributed by atoms with E-state index < -0.39 is 0 Å². The summed E-state index contributed by atoms with van der Waals surface area (Å²) in [5.41, 5.74) is 0.623. The zero-order valence-electron chi connectivity index (χ0n) is 11.9. The van der Waals surface area contributed by atoms with Gasteiger partial charge in [0.05, 0.1) is 6.61 Å². The van der Waals surface area contributed by atoms with Crippen LogP contribution in [0.4, 0.5) is 0 Å². The summed E-state index contributed by atoms with van der Waals surface area (Å²) in [5.74, 6) is 0.629. The molecular formula is C15H22N2O3. The van der Waals surface area contributed by atoms with Crippen LogP contribution in [0.25, 0.3) is 0 Å². The van der Waals surface area contributed by atoms with Gasteiger partial charge in [-0.05, 0) is 37.6 Å². The number of methoxy groups -OCH3 is 1. The van der Waals surface area contributed by atoms with E-state index in [1.165, 1.54) is 6.42 Å². The van der Waals surface area contributed by atoms with Crippen molar-refractivity contribution < 1.29 is 14.3 Å². The Kier molecular flexibility index (Phi) is 5.83. The van der Waals surface area contributed by atoms with Crippen molar-refractivity contribution in [1.29, 1.82) is 0 Å². The maximum absolute atomic E-state index is 12.1. The minimum Gasteiger partial charge on any atom is -0.491 e. The summed E-state index contributed by atoms with van der Waals surface area (Å²) in [5, 5.41) is 6.31. The molecule has 1 heterocycles. The third-order valence-corrected chi connectivity index (χ3v) is 3.32. The first-order valence-corrected chi connectivity index (χ1v) is 7.03. The van der Waals surface area contributed by atoms with Crippen LogP contribution < -0.4 is 15.4 Å². The van der Waals surface area contributed by atoms with E-state index in [1.807, 2.05) is 12.1 Å². The molecule has 1 unspecified atom stereocenters. The van der Waals surface area contributed by atoms with Gasteiger partial charge in [0.1, 0.15) is 12.4 Å². The monoisotopic (exact) mass is 278 g/mol. The van der Waals surface area contributed by atoms with Crippen LogP contribution in [0.2, 0.25) is 0 Å². The molecule has 1 saturated heterocycles. The van der Waals surface area contributed by atoms with Crippen molar-refractivity contribution in [1.82, 2.24) is 10.6 Å². The molecule has 1 fully saturated rings. The van der Waals surface area contributed by atoms with Crippen molar-refractivity contribution in [3.05, 3.63) is 29.8 Å². The number of carbonyl (C=O) groups excluding carboxylic acids is 1. The Hall–Kier alpha value is -1.59. The maximum atomic E-state index is 12.1. The highest BCUT2D eigenvalue weighted by atomic mass is 16.5. The molecule has 1 amide bonds. The van der Waals surface area contributed by atoms with Gasteiger partial charge in [0.15, 0.2) is 0 Å². The van der Waals surface area contributed by atoms with Gasteiger partial charge in [0, 0.05) is 25.3 Å². The standard InChI is InChI=1S/C15H22N2O3/c1-19-8-9-20-14-6-2-4-12(10-14)15(18)17-11-13-5-3-7-16-13/h2,4,6,10,13,16H,3,5,7-9,11H2,1H3,(H,17,18). The van der Waals surface area contributed by atoms with Gasteiger partial charge < -0.3 is 20.1 Å². The summed E-state index contributed by atoms with van der Waals surface area (Å²) in [6.07, 6.45) is 2.31. The van der Waals surface area contributed by atoms with Crippen LogP contribution in [0, 0.1) is 0 Å². The first-order chi connectivity index (χ1) is 9.79. The molecule has 1 aliphatic rings.